The van der Waals surface area contributed by atoms with E-state index in [1.807, 2.05) is 0 Å². The molecule has 1 heterocycles. The molecule has 0 fully saturated rings. The van der Waals surface area contributed by atoms with Crippen molar-refractivity contribution in [3.63, 3.8) is 0 Å². The van der Waals surface area contributed by atoms with Crippen molar-refractivity contribution in [1.82, 2.24) is 0 Å². The molecule has 0 spiro atoms. The van der Waals surface area contributed by atoms with E-state index in [2.05, 4.69) is 10.9 Å². The number of terminal acetylenes is 1. The molecule has 0 saturated heterocycles. The molecule has 5 nitrogen and oxygen atoms in total. The SMILES string of the molecule is C#CCOc1ccc(C=C2N=C(c3ccc(Cl)cc3)OC2=O)cc1OC. The van der Waals surface area contributed by atoms with Gasteiger partial charge in [0.1, 0.15) is 6.61 Å². The maximum atomic E-state index is 12.1. The summed E-state index contributed by atoms with van der Waals surface area (Å²) in [6.07, 6.45) is 6.80. The molecule has 0 N–H and O–H groups in total. The lowest BCUT2D eigenvalue weighted by Gasteiger charge is -2.09. The Kier molecular flexibility index (Phi) is 5.26. The number of cyclic esters (lactones) is 1. The molecule has 2 aromatic rings. The number of methoxy groups -OCH3 is 1. The minimum absolute atomic E-state index is 0.137. The zero-order chi connectivity index (χ0) is 18.5. The van der Waals surface area contributed by atoms with Crippen LogP contribution >= 0.6 is 11.6 Å². The maximum absolute atomic E-state index is 12.1. The highest BCUT2D eigenvalue weighted by Gasteiger charge is 2.24. The number of carbonyl (C=O) groups excluding carboxylic acids is 1. The quantitative estimate of drug-likeness (QED) is 0.459. The third kappa shape index (κ3) is 3.88. The minimum atomic E-state index is -0.526. The van der Waals surface area contributed by atoms with E-state index in [-0.39, 0.29) is 18.2 Å². The van der Waals surface area contributed by atoms with Crippen molar-refractivity contribution in [2.24, 2.45) is 4.99 Å². The number of hydrogen-bond donors (Lipinski definition) is 0. The summed E-state index contributed by atoms with van der Waals surface area (Å²) in [5, 5.41) is 0.591. The number of nitrogens with zero attached hydrogens (tertiary/aromatic N) is 1. The lowest BCUT2D eigenvalue weighted by atomic mass is 10.1. The Hall–Kier alpha value is -3.23. The number of aliphatic imine (C=N–C) groups is 1. The van der Waals surface area contributed by atoms with Crippen molar-refractivity contribution in [2.75, 3.05) is 13.7 Å². The number of halogens is 1. The number of benzene rings is 2. The monoisotopic (exact) mass is 367 g/mol. The molecule has 0 amide bonds. The molecule has 0 unspecified atom stereocenters. The second-order valence-electron chi connectivity index (χ2n) is 5.25. The van der Waals surface area contributed by atoms with Crippen molar-refractivity contribution in [1.29, 1.82) is 0 Å². The molecule has 0 aromatic heterocycles. The number of rotatable bonds is 5. The first-order chi connectivity index (χ1) is 12.6. The van der Waals surface area contributed by atoms with Gasteiger partial charge in [0.2, 0.25) is 5.90 Å². The Morgan fingerprint density at radius 3 is 2.69 bits per heavy atom. The van der Waals surface area contributed by atoms with Crippen LogP contribution in [0.4, 0.5) is 0 Å². The highest BCUT2D eigenvalue weighted by atomic mass is 35.5. The van der Waals surface area contributed by atoms with Crippen LogP contribution in [0.2, 0.25) is 5.02 Å². The van der Waals surface area contributed by atoms with E-state index < -0.39 is 5.97 Å². The minimum Gasteiger partial charge on any atom is -0.493 e. The molecule has 130 valence electrons. The van der Waals surface area contributed by atoms with Gasteiger partial charge in [-0.2, -0.15) is 0 Å². The van der Waals surface area contributed by atoms with Gasteiger partial charge in [-0.1, -0.05) is 23.6 Å². The summed E-state index contributed by atoms with van der Waals surface area (Å²) < 4.78 is 15.9. The molecule has 0 bridgehead atoms. The third-order valence-corrected chi connectivity index (χ3v) is 3.77. The van der Waals surface area contributed by atoms with Crippen molar-refractivity contribution >= 4 is 29.5 Å². The summed E-state index contributed by atoms with van der Waals surface area (Å²) in [6.45, 7) is 0.137. The normalized spacial score (nSPS) is 14.6. The molecule has 3 rings (SSSR count). The Balaban J connectivity index is 1.88. The standard InChI is InChI=1S/C20H14ClNO4/c1-3-10-25-17-9-4-13(12-18(17)24-2)11-16-20(23)26-19(22-16)14-5-7-15(21)8-6-14/h1,4-9,11-12H,10H2,2H3. The molecule has 0 aliphatic carbocycles. The predicted molar refractivity (Wildman–Crippen MR) is 99.4 cm³/mol. The molecule has 6 heteroatoms. The maximum Gasteiger partial charge on any atom is 0.363 e. The van der Waals surface area contributed by atoms with Gasteiger partial charge >= 0.3 is 5.97 Å². The zero-order valence-electron chi connectivity index (χ0n) is 13.9. The highest BCUT2D eigenvalue weighted by molar-refractivity contribution is 6.30. The molecule has 2 aromatic carbocycles. The first kappa shape index (κ1) is 17.6. The molecule has 0 saturated carbocycles. The molecule has 1 aliphatic heterocycles. The zero-order valence-corrected chi connectivity index (χ0v) is 14.6. The smallest absolute Gasteiger partial charge is 0.363 e. The van der Waals surface area contributed by atoms with Gasteiger partial charge in [0, 0.05) is 10.6 Å². The van der Waals surface area contributed by atoms with E-state index in [9.17, 15) is 4.79 Å². The van der Waals surface area contributed by atoms with Crippen molar-refractivity contribution in [2.45, 2.75) is 0 Å². The number of hydrogen-bond acceptors (Lipinski definition) is 5. The molecule has 0 radical (unpaired) electrons. The van der Waals surface area contributed by atoms with Crippen LogP contribution in [0.3, 0.4) is 0 Å². The van der Waals surface area contributed by atoms with Crippen LogP contribution in [0.5, 0.6) is 11.5 Å². The summed E-state index contributed by atoms with van der Waals surface area (Å²) >= 11 is 5.86. The summed E-state index contributed by atoms with van der Waals surface area (Å²) in [4.78, 5) is 16.3. The van der Waals surface area contributed by atoms with Gasteiger partial charge in [-0.15, -0.1) is 6.42 Å². The second kappa shape index (κ2) is 7.77. The Labute approximate surface area is 155 Å². The van der Waals surface area contributed by atoms with E-state index in [0.29, 0.717) is 27.6 Å². The number of ether oxygens (including phenoxy) is 3. The highest BCUT2D eigenvalue weighted by Crippen LogP contribution is 2.29. The van der Waals surface area contributed by atoms with Crippen molar-refractivity contribution < 1.29 is 19.0 Å². The van der Waals surface area contributed by atoms with Crippen LogP contribution < -0.4 is 9.47 Å². The van der Waals surface area contributed by atoms with Gasteiger partial charge in [0.15, 0.2) is 17.2 Å². The first-order valence-corrected chi connectivity index (χ1v) is 8.01. The third-order valence-electron chi connectivity index (χ3n) is 3.51. The number of esters is 1. The molecule has 0 atom stereocenters. The summed E-state index contributed by atoms with van der Waals surface area (Å²) in [6, 6.07) is 12.1. The van der Waals surface area contributed by atoms with Gasteiger partial charge in [-0.25, -0.2) is 9.79 Å². The van der Waals surface area contributed by atoms with Crippen LogP contribution in [0, 0.1) is 12.3 Å². The summed E-state index contributed by atoms with van der Waals surface area (Å²) in [5.74, 6) is 3.13. The fourth-order valence-corrected chi connectivity index (χ4v) is 2.42. The van der Waals surface area contributed by atoms with E-state index in [1.165, 1.54) is 7.11 Å². The number of carbonyl (C=O) groups is 1. The largest absolute Gasteiger partial charge is 0.493 e. The predicted octanol–water partition coefficient (Wildman–Crippen LogP) is 3.71. The Morgan fingerprint density at radius 2 is 2.00 bits per heavy atom. The lowest BCUT2D eigenvalue weighted by Crippen LogP contribution is -2.05. The van der Waals surface area contributed by atoms with E-state index >= 15 is 0 Å². The van der Waals surface area contributed by atoms with Crippen LogP contribution in [0.15, 0.2) is 53.2 Å². The lowest BCUT2D eigenvalue weighted by molar-refractivity contribution is -0.129. The fraction of sp³-hybridized carbons (Fsp3) is 0.100. The Bertz CT molecular complexity index is 939. The van der Waals surface area contributed by atoms with Crippen LogP contribution in [-0.4, -0.2) is 25.6 Å². The molecular formula is C20H14ClNO4. The summed E-state index contributed by atoms with van der Waals surface area (Å²) in [5.41, 5.74) is 1.57. The van der Waals surface area contributed by atoms with Gasteiger partial charge in [0.05, 0.1) is 7.11 Å². The van der Waals surface area contributed by atoms with Crippen LogP contribution in [0.1, 0.15) is 11.1 Å². The van der Waals surface area contributed by atoms with E-state index in [4.69, 9.17) is 32.2 Å². The summed E-state index contributed by atoms with van der Waals surface area (Å²) in [7, 11) is 1.52. The van der Waals surface area contributed by atoms with Gasteiger partial charge in [-0.3, -0.25) is 0 Å². The topological polar surface area (TPSA) is 57.1 Å². The second-order valence-corrected chi connectivity index (χ2v) is 5.68. The van der Waals surface area contributed by atoms with Gasteiger partial charge < -0.3 is 14.2 Å². The van der Waals surface area contributed by atoms with Crippen LogP contribution in [-0.2, 0) is 9.53 Å². The van der Waals surface area contributed by atoms with Crippen molar-refractivity contribution in [3.05, 3.63) is 64.3 Å². The van der Waals surface area contributed by atoms with Crippen molar-refractivity contribution in [3.8, 4) is 23.8 Å². The fourth-order valence-electron chi connectivity index (χ4n) is 2.30. The molecule has 1 aliphatic rings. The average molecular weight is 368 g/mol. The first-order valence-electron chi connectivity index (χ1n) is 7.63. The molecule has 26 heavy (non-hydrogen) atoms. The van der Waals surface area contributed by atoms with Gasteiger partial charge in [-0.05, 0) is 48.0 Å². The van der Waals surface area contributed by atoms with Crippen LogP contribution in [0.25, 0.3) is 6.08 Å². The van der Waals surface area contributed by atoms with Gasteiger partial charge in [0.25, 0.3) is 0 Å². The van der Waals surface area contributed by atoms with E-state index in [0.717, 1.165) is 0 Å². The van der Waals surface area contributed by atoms with E-state index in [1.54, 1.807) is 48.5 Å². The Morgan fingerprint density at radius 1 is 1.23 bits per heavy atom. The average Bonchev–Trinajstić information content (AvgIpc) is 3.01. The molecular weight excluding hydrogens is 354 g/mol.